The third-order valence-corrected chi connectivity index (χ3v) is 4.43. The molecule has 0 amide bonds. The molecule has 2 atom stereocenters. The Morgan fingerprint density at radius 2 is 1.91 bits per heavy atom. The van der Waals surface area contributed by atoms with Gasteiger partial charge in [-0.1, -0.05) is 37.6 Å². The van der Waals surface area contributed by atoms with Gasteiger partial charge in [-0.15, -0.1) is 0 Å². The number of nitro groups is 1. The van der Waals surface area contributed by atoms with E-state index in [-0.39, 0.29) is 11.2 Å². The predicted molar refractivity (Wildman–Crippen MR) is 81.1 cm³/mol. The molecular formula is C16H16ClNO4. The summed E-state index contributed by atoms with van der Waals surface area (Å²) in [7, 11) is 0. The average Bonchev–Trinajstić information content (AvgIpc) is 2.77. The Bertz CT molecular complexity index is 678. The van der Waals surface area contributed by atoms with Crippen molar-refractivity contribution in [3.8, 4) is 0 Å². The number of allylic oxidation sites excluding steroid dienone is 1. The lowest BCUT2D eigenvalue weighted by Gasteiger charge is -2.28. The van der Waals surface area contributed by atoms with Crippen molar-refractivity contribution < 1.29 is 14.5 Å². The topological polar surface area (TPSA) is 69.4 Å². The highest BCUT2D eigenvalue weighted by atomic mass is 35.5. The summed E-state index contributed by atoms with van der Waals surface area (Å²) < 4.78 is 5.56. The number of hydrogen-bond acceptors (Lipinski definition) is 4. The van der Waals surface area contributed by atoms with Crippen molar-refractivity contribution in [3.63, 3.8) is 0 Å². The summed E-state index contributed by atoms with van der Waals surface area (Å²) in [6.45, 7) is 3.93. The van der Waals surface area contributed by atoms with E-state index < -0.39 is 17.1 Å². The summed E-state index contributed by atoms with van der Waals surface area (Å²) in [5.41, 5.74) is 0.916. The molecule has 2 aliphatic rings. The third-order valence-electron chi connectivity index (χ3n) is 4.18. The third kappa shape index (κ3) is 2.50. The molecule has 1 aromatic carbocycles. The van der Waals surface area contributed by atoms with Crippen LogP contribution in [0.1, 0.15) is 38.2 Å². The van der Waals surface area contributed by atoms with E-state index in [1.807, 2.05) is 13.8 Å². The standard InChI is InChI=1S/C16H16ClNO4/c1-16(2)7-11(19)14-12(8-16)22-15(18(20)21)13(14)9-3-5-10(17)6-4-9/h3-6,13,15H,7-8H2,1-2H3/t13-,15+/m0/s1. The SMILES string of the molecule is CC1(C)CC(=O)C2=C(C1)O[C@@H]([N+](=O)[O-])[C@H]2c1ccc(Cl)cc1. The first-order valence-electron chi connectivity index (χ1n) is 7.10. The highest BCUT2D eigenvalue weighted by Crippen LogP contribution is 2.48. The van der Waals surface area contributed by atoms with Gasteiger partial charge in [-0.25, -0.2) is 0 Å². The number of carbonyl (C=O) groups is 1. The van der Waals surface area contributed by atoms with Gasteiger partial charge in [0.25, 0.3) is 0 Å². The van der Waals surface area contributed by atoms with Crippen molar-refractivity contribution in [2.24, 2.45) is 5.41 Å². The van der Waals surface area contributed by atoms with Gasteiger partial charge >= 0.3 is 6.23 Å². The van der Waals surface area contributed by atoms with Gasteiger partial charge in [0.15, 0.2) is 5.78 Å². The molecule has 0 unspecified atom stereocenters. The van der Waals surface area contributed by atoms with Gasteiger partial charge in [-0.3, -0.25) is 14.9 Å². The number of nitrogens with zero attached hydrogens (tertiary/aromatic N) is 1. The number of ether oxygens (including phenoxy) is 1. The molecule has 0 fully saturated rings. The number of ketones is 1. The lowest BCUT2D eigenvalue weighted by molar-refractivity contribution is -0.570. The molecule has 22 heavy (non-hydrogen) atoms. The van der Waals surface area contributed by atoms with Crippen molar-refractivity contribution >= 4 is 17.4 Å². The minimum atomic E-state index is -1.25. The molecule has 0 radical (unpaired) electrons. The molecule has 116 valence electrons. The molecule has 3 rings (SSSR count). The van der Waals surface area contributed by atoms with E-state index in [0.29, 0.717) is 34.8 Å². The smallest absolute Gasteiger partial charge is 0.364 e. The first kappa shape index (κ1) is 15.0. The molecule has 0 bridgehead atoms. The fourth-order valence-corrected chi connectivity index (χ4v) is 3.38. The summed E-state index contributed by atoms with van der Waals surface area (Å²) in [5, 5.41) is 11.9. The number of Topliss-reactive ketones (excluding diaryl/α,β-unsaturated/α-hetero) is 1. The monoisotopic (exact) mass is 321 g/mol. The molecule has 0 aromatic heterocycles. The van der Waals surface area contributed by atoms with Crippen molar-refractivity contribution in [2.75, 3.05) is 0 Å². The molecular weight excluding hydrogens is 306 g/mol. The number of rotatable bonds is 2. The number of hydrogen-bond donors (Lipinski definition) is 0. The van der Waals surface area contributed by atoms with Crippen LogP contribution in [0.4, 0.5) is 0 Å². The Balaban J connectivity index is 2.07. The predicted octanol–water partition coefficient (Wildman–Crippen LogP) is 3.70. The van der Waals surface area contributed by atoms with E-state index in [1.165, 1.54) is 0 Å². The summed E-state index contributed by atoms with van der Waals surface area (Å²) in [5.74, 6) is -0.246. The highest BCUT2D eigenvalue weighted by Gasteiger charge is 2.51. The molecule has 6 heteroatoms. The van der Waals surface area contributed by atoms with Crippen LogP contribution in [0.15, 0.2) is 35.6 Å². The number of benzene rings is 1. The van der Waals surface area contributed by atoms with Crippen molar-refractivity contribution in [2.45, 2.75) is 38.8 Å². The summed E-state index contributed by atoms with van der Waals surface area (Å²) in [4.78, 5) is 23.4. The lowest BCUT2D eigenvalue weighted by Crippen LogP contribution is -2.28. The zero-order valence-electron chi connectivity index (χ0n) is 12.3. The van der Waals surface area contributed by atoms with Gasteiger partial charge in [0.2, 0.25) is 0 Å². The van der Waals surface area contributed by atoms with E-state index in [0.717, 1.165) is 0 Å². The van der Waals surface area contributed by atoms with Crippen LogP contribution >= 0.6 is 11.6 Å². The van der Waals surface area contributed by atoms with Gasteiger partial charge < -0.3 is 4.74 Å². The van der Waals surface area contributed by atoms with Gasteiger partial charge in [0, 0.05) is 17.9 Å². The minimum absolute atomic E-state index is 0.0597. The largest absolute Gasteiger partial charge is 0.433 e. The van der Waals surface area contributed by atoms with E-state index in [2.05, 4.69) is 0 Å². The summed E-state index contributed by atoms with van der Waals surface area (Å²) in [6.07, 6.45) is -0.323. The minimum Gasteiger partial charge on any atom is -0.433 e. The number of carbonyl (C=O) groups excluding carboxylic acids is 1. The molecule has 0 saturated carbocycles. The Kier molecular flexibility index (Phi) is 3.48. The van der Waals surface area contributed by atoms with E-state index in [1.54, 1.807) is 24.3 Å². The second-order valence-electron chi connectivity index (χ2n) is 6.60. The molecule has 1 heterocycles. The highest BCUT2D eigenvalue weighted by molar-refractivity contribution is 6.30. The normalized spacial score (nSPS) is 26.6. The second kappa shape index (κ2) is 5.09. The van der Waals surface area contributed by atoms with E-state index in [4.69, 9.17) is 16.3 Å². The maximum absolute atomic E-state index is 12.5. The van der Waals surface area contributed by atoms with Crippen molar-refractivity contribution in [1.82, 2.24) is 0 Å². The van der Waals surface area contributed by atoms with Gasteiger partial charge in [-0.05, 0) is 23.1 Å². The first-order valence-corrected chi connectivity index (χ1v) is 7.48. The van der Waals surface area contributed by atoms with Crippen LogP contribution in [0.2, 0.25) is 5.02 Å². The first-order chi connectivity index (χ1) is 10.3. The van der Waals surface area contributed by atoms with Gasteiger partial charge in [0.1, 0.15) is 11.7 Å². The van der Waals surface area contributed by atoms with Crippen LogP contribution in [0.5, 0.6) is 0 Å². The van der Waals surface area contributed by atoms with Crippen LogP contribution < -0.4 is 0 Å². The molecule has 1 aliphatic carbocycles. The van der Waals surface area contributed by atoms with Crippen LogP contribution in [0.25, 0.3) is 0 Å². The zero-order chi connectivity index (χ0) is 16.1. The van der Waals surface area contributed by atoms with Crippen LogP contribution in [0, 0.1) is 15.5 Å². The van der Waals surface area contributed by atoms with Gasteiger partial charge in [-0.2, -0.15) is 0 Å². The van der Waals surface area contributed by atoms with E-state index in [9.17, 15) is 14.9 Å². The van der Waals surface area contributed by atoms with Crippen LogP contribution in [-0.2, 0) is 9.53 Å². The Morgan fingerprint density at radius 3 is 2.50 bits per heavy atom. The van der Waals surface area contributed by atoms with E-state index >= 15 is 0 Å². The molecule has 0 spiro atoms. The molecule has 0 N–H and O–H groups in total. The maximum Gasteiger partial charge on any atom is 0.364 e. The lowest BCUT2D eigenvalue weighted by atomic mass is 9.73. The quantitative estimate of drug-likeness (QED) is 0.615. The molecule has 1 aliphatic heterocycles. The molecule has 1 aromatic rings. The van der Waals surface area contributed by atoms with Gasteiger partial charge in [0.05, 0.1) is 10.5 Å². The fraction of sp³-hybridized carbons (Fsp3) is 0.438. The Morgan fingerprint density at radius 1 is 1.27 bits per heavy atom. The maximum atomic E-state index is 12.5. The van der Waals surface area contributed by atoms with Crippen molar-refractivity contribution in [3.05, 3.63) is 56.3 Å². The molecule has 5 nitrogen and oxygen atoms in total. The summed E-state index contributed by atoms with van der Waals surface area (Å²) in [6, 6.07) is 6.78. The van der Waals surface area contributed by atoms with Crippen LogP contribution in [-0.4, -0.2) is 16.9 Å². The summed E-state index contributed by atoms with van der Waals surface area (Å²) >= 11 is 5.88. The second-order valence-corrected chi connectivity index (χ2v) is 7.04. The fourth-order valence-electron chi connectivity index (χ4n) is 3.25. The number of halogens is 1. The zero-order valence-corrected chi connectivity index (χ0v) is 13.1. The van der Waals surface area contributed by atoms with Crippen LogP contribution in [0.3, 0.4) is 0 Å². The average molecular weight is 322 g/mol. The molecule has 0 saturated heterocycles. The Labute approximate surface area is 133 Å². The Hall–Kier alpha value is -1.88. The van der Waals surface area contributed by atoms with Crippen molar-refractivity contribution in [1.29, 1.82) is 0 Å².